The molecule has 0 saturated heterocycles. The Morgan fingerprint density at radius 3 is 2.12 bits per heavy atom. The maximum absolute atomic E-state index is 9.63. The third-order valence-corrected chi connectivity index (χ3v) is 2.90. The Morgan fingerprint density at radius 2 is 1.47 bits per heavy atom. The van der Waals surface area contributed by atoms with Crippen LogP contribution >= 0.6 is 0 Å². The van der Waals surface area contributed by atoms with Crippen LogP contribution in [0.5, 0.6) is 11.5 Å². The molecule has 0 atom stereocenters. The third kappa shape index (κ3) is 2.89. The summed E-state index contributed by atoms with van der Waals surface area (Å²) in [4.78, 5) is 0. The van der Waals surface area contributed by atoms with Crippen LogP contribution in [0.1, 0.15) is 0 Å². The molecule has 82 valence electrons. The van der Waals surface area contributed by atoms with Crippen LogP contribution in [-0.4, -0.2) is 28.8 Å². The van der Waals surface area contributed by atoms with Crippen molar-refractivity contribution in [1.82, 2.24) is 0 Å². The van der Waals surface area contributed by atoms with Crippen molar-refractivity contribution < 1.29 is 10.2 Å². The fraction of sp³-hybridized carbons (Fsp3) is 0. The maximum atomic E-state index is 9.63. The summed E-state index contributed by atoms with van der Waals surface area (Å²) < 4.78 is 1.01. The van der Waals surface area contributed by atoms with E-state index in [1.54, 1.807) is 30.3 Å². The molecule has 17 heavy (non-hydrogen) atoms. The summed E-state index contributed by atoms with van der Waals surface area (Å²) in [6.07, 6.45) is 0. The van der Waals surface area contributed by atoms with E-state index < -0.39 is 0 Å². The molecule has 2 aromatic rings. The molecular weight excluding hydrogens is 274 g/mol. The summed E-state index contributed by atoms with van der Waals surface area (Å²) in [6, 6.07) is 11.8. The van der Waals surface area contributed by atoms with Gasteiger partial charge in [0.15, 0.2) is 0 Å². The van der Waals surface area contributed by atoms with Crippen molar-refractivity contribution in [1.29, 1.82) is 0 Å². The van der Waals surface area contributed by atoms with Gasteiger partial charge in [-0.2, -0.15) is 0 Å². The molecule has 2 N–H and O–H groups in total. The number of rotatable bonds is 2. The molecule has 0 saturated carbocycles. The molecule has 5 heteroatoms. The number of hydrogen-bond donors (Lipinski definition) is 2. The number of aromatic hydroxyl groups is 2. The Bertz CT molecular complexity index is 570. The van der Waals surface area contributed by atoms with Gasteiger partial charge in [0.1, 0.15) is 0 Å². The van der Waals surface area contributed by atoms with Gasteiger partial charge in [-0.05, 0) is 0 Å². The first-order chi connectivity index (χ1) is 8.16. The Labute approximate surface area is 109 Å². The first-order valence-corrected chi connectivity index (χ1v) is 6.16. The molecule has 0 aliphatic rings. The monoisotopic (exact) mass is 282 g/mol. The number of nitrogens with zero attached hydrogens (tertiary/aromatic N) is 2. The molecule has 0 unspecified atom stereocenters. The van der Waals surface area contributed by atoms with E-state index >= 15 is 0 Å². The molecule has 0 heterocycles. The van der Waals surface area contributed by atoms with Crippen LogP contribution in [0.15, 0.2) is 52.7 Å². The zero-order valence-electron chi connectivity index (χ0n) is 8.91. The SMILES string of the molecule is Oc1ccccc1N=Nc1cc[c]([Ga])cc1O. The molecule has 0 aliphatic heterocycles. The molecule has 0 fully saturated rings. The van der Waals surface area contributed by atoms with Gasteiger partial charge in [0.2, 0.25) is 0 Å². The average molecular weight is 283 g/mol. The van der Waals surface area contributed by atoms with Crippen molar-refractivity contribution >= 4 is 34.1 Å². The van der Waals surface area contributed by atoms with Gasteiger partial charge in [-0.15, -0.1) is 0 Å². The Kier molecular flexibility index (Phi) is 3.51. The Balaban J connectivity index is 2.29. The van der Waals surface area contributed by atoms with Crippen LogP contribution < -0.4 is 4.12 Å². The number of hydrogen-bond acceptors (Lipinski definition) is 4. The molecule has 4 nitrogen and oxygen atoms in total. The fourth-order valence-corrected chi connectivity index (χ4v) is 1.81. The second kappa shape index (κ2) is 5.07. The summed E-state index contributed by atoms with van der Waals surface area (Å²) in [7, 11) is 0. The topological polar surface area (TPSA) is 65.2 Å². The molecule has 2 radical (unpaired) electrons. The Hall–Kier alpha value is -1.72. The van der Waals surface area contributed by atoms with E-state index in [0.29, 0.717) is 11.4 Å². The zero-order valence-corrected chi connectivity index (χ0v) is 11.3. The summed E-state index contributed by atoms with van der Waals surface area (Å²) in [5.41, 5.74) is 0.756. The summed E-state index contributed by atoms with van der Waals surface area (Å²) >= 11 is 1.43. The molecule has 0 aromatic heterocycles. The van der Waals surface area contributed by atoms with Crippen LogP contribution in [0.3, 0.4) is 0 Å². The minimum absolute atomic E-state index is 0.0613. The predicted molar refractivity (Wildman–Crippen MR) is 65.8 cm³/mol. The summed E-state index contributed by atoms with van der Waals surface area (Å²) in [5, 5.41) is 26.9. The van der Waals surface area contributed by atoms with E-state index in [2.05, 4.69) is 10.2 Å². The van der Waals surface area contributed by atoms with E-state index in [1.165, 1.54) is 24.7 Å². The van der Waals surface area contributed by atoms with Gasteiger partial charge in [-0.25, -0.2) is 0 Å². The van der Waals surface area contributed by atoms with Crippen LogP contribution in [0.25, 0.3) is 0 Å². The van der Waals surface area contributed by atoms with Gasteiger partial charge in [0.05, 0.1) is 0 Å². The van der Waals surface area contributed by atoms with E-state index in [0.717, 1.165) is 4.12 Å². The predicted octanol–water partition coefficient (Wildman–Crippen LogP) is 2.31. The van der Waals surface area contributed by atoms with E-state index in [4.69, 9.17) is 0 Å². The molecule has 2 rings (SSSR count). The van der Waals surface area contributed by atoms with Gasteiger partial charge < -0.3 is 0 Å². The molecule has 0 bridgehead atoms. The second-order valence-corrected chi connectivity index (χ2v) is 4.84. The molecule has 0 spiro atoms. The van der Waals surface area contributed by atoms with Crippen LogP contribution in [-0.2, 0) is 0 Å². The quantitative estimate of drug-likeness (QED) is 0.656. The van der Waals surface area contributed by atoms with Crippen molar-refractivity contribution in [3.63, 3.8) is 0 Å². The van der Waals surface area contributed by atoms with Gasteiger partial charge in [0.25, 0.3) is 0 Å². The van der Waals surface area contributed by atoms with Crippen molar-refractivity contribution in [3.8, 4) is 11.5 Å². The zero-order chi connectivity index (χ0) is 12.3. The normalized spacial score (nSPS) is 10.8. The number of benzene rings is 2. The summed E-state index contributed by atoms with van der Waals surface area (Å²) in [5.74, 6) is 0.150. The number of azo groups is 1. The van der Waals surface area contributed by atoms with E-state index in [1.807, 2.05) is 6.07 Å². The van der Waals surface area contributed by atoms with Crippen molar-refractivity contribution in [2.24, 2.45) is 10.2 Å². The second-order valence-electron chi connectivity index (χ2n) is 3.44. The van der Waals surface area contributed by atoms with Crippen molar-refractivity contribution in [2.75, 3.05) is 0 Å². The minimum atomic E-state index is 0.0613. The molecular formula is C12H9GaN2O2. The molecule has 0 aliphatic carbocycles. The third-order valence-electron chi connectivity index (χ3n) is 2.15. The number of phenols is 2. The first-order valence-electron chi connectivity index (χ1n) is 4.95. The Morgan fingerprint density at radius 1 is 0.824 bits per heavy atom. The van der Waals surface area contributed by atoms with Gasteiger partial charge in [-0.3, -0.25) is 0 Å². The number of para-hydroxylation sites is 1. The average Bonchev–Trinajstić information content (AvgIpc) is 2.30. The fourth-order valence-electron chi connectivity index (χ4n) is 1.28. The van der Waals surface area contributed by atoms with Gasteiger partial charge in [0, 0.05) is 0 Å². The number of phenolic OH excluding ortho intramolecular Hbond substituents is 2. The van der Waals surface area contributed by atoms with Crippen LogP contribution in [0, 0.1) is 0 Å². The van der Waals surface area contributed by atoms with Crippen LogP contribution in [0.2, 0.25) is 0 Å². The first kappa shape index (κ1) is 11.8. The van der Waals surface area contributed by atoms with E-state index in [9.17, 15) is 10.2 Å². The standard InChI is InChI=1S/C12H9N2O2.Ga/c15-11-7-3-1-5-9(11)13-14-10-6-2-4-8-12(10)16;/h1-3,5-8,15-16H;. The van der Waals surface area contributed by atoms with Crippen molar-refractivity contribution in [2.45, 2.75) is 0 Å². The molecule has 2 aromatic carbocycles. The van der Waals surface area contributed by atoms with Crippen LogP contribution in [0.4, 0.5) is 11.4 Å². The van der Waals surface area contributed by atoms with Gasteiger partial charge in [-0.1, -0.05) is 0 Å². The van der Waals surface area contributed by atoms with Crippen molar-refractivity contribution in [3.05, 3.63) is 42.5 Å². The summed E-state index contributed by atoms with van der Waals surface area (Å²) in [6.45, 7) is 0. The molecule has 0 amide bonds. The van der Waals surface area contributed by atoms with Gasteiger partial charge >= 0.3 is 108 Å². The van der Waals surface area contributed by atoms with E-state index in [-0.39, 0.29) is 11.5 Å².